The number of aliphatic hydroxyl groups is 3. The minimum Gasteiger partial charge on any atom is -0.508 e. The largest absolute Gasteiger partial charge is 0.508 e. The number of ketones is 2. The fourth-order valence-corrected chi connectivity index (χ4v) is 5.90. The molecule has 0 bridgehead atoms. The van der Waals surface area contributed by atoms with Gasteiger partial charge in [-0.25, -0.2) is 0 Å². The summed E-state index contributed by atoms with van der Waals surface area (Å²) in [6.07, 6.45) is -1.45. The molecule has 3 aliphatic carbocycles. The number of carbonyl (C=O) groups is 5. The molecule has 0 aliphatic heterocycles. The molecule has 4 rings (SSSR count). The lowest BCUT2D eigenvalue weighted by molar-refractivity contribution is -0.179. The molecule has 1 aromatic rings. The molecule has 5 unspecified atom stereocenters. The Balaban J connectivity index is 1.80. The van der Waals surface area contributed by atoms with E-state index >= 15 is 0 Å². The maximum atomic E-state index is 13.8. The summed E-state index contributed by atoms with van der Waals surface area (Å²) in [5, 5.41) is 44.2. The van der Waals surface area contributed by atoms with Crippen molar-refractivity contribution in [1.29, 1.82) is 0 Å². The van der Waals surface area contributed by atoms with Gasteiger partial charge in [0.05, 0.1) is 25.0 Å². The number of aliphatic hydroxyl groups excluding tert-OH is 2. The van der Waals surface area contributed by atoms with Crippen molar-refractivity contribution in [3.63, 3.8) is 0 Å². The van der Waals surface area contributed by atoms with E-state index in [0.717, 1.165) is 6.42 Å². The molecule has 3 aliphatic rings. The number of unbranched alkanes of at least 4 members (excludes halogenated alkanes) is 1. The third-order valence-corrected chi connectivity index (χ3v) is 7.90. The number of aromatic hydroxyl groups is 1. The molecule has 0 heterocycles. The molecule has 1 fully saturated rings. The molecule has 0 saturated heterocycles. The number of benzene rings is 1. The van der Waals surface area contributed by atoms with Crippen molar-refractivity contribution in [2.75, 3.05) is 6.61 Å². The highest BCUT2D eigenvalue weighted by Crippen LogP contribution is 2.56. The second-order valence-corrected chi connectivity index (χ2v) is 10.3. The zero-order chi connectivity index (χ0) is 29.5. The van der Waals surface area contributed by atoms with Crippen molar-refractivity contribution < 1.29 is 53.9 Å². The number of amides is 1. The van der Waals surface area contributed by atoms with E-state index in [1.54, 1.807) is 13.0 Å². The SMILES string of the molecule is CCCCOC(=O)CCC(=O)OC1C2C(=C(O)c3c(O)cccc3C2C)C(=O)C2(O)C(O)=C(C(N)=O)C(=O)CC12. The number of carbonyl (C=O) groups excluding carboxylic acids is 5. The second-order valence-electron chi connectivity index (χ2n) is 10.3. The lowest BCUT2D eigenvalue weighted by Crippen LogP contribution is -2.64. The number of nitrogens with two attached hydrogens (primary N) is 1. The van der Waals surface area contributed by atoms with Gasteiger partial charge in [-0.2, -0.15) is 0 Å². The quantitative estimate of drug-likeness (QED) is 0.176. The van der Waals surface area contributed by atoms with Crippen LogP contribution in [0.2, 0.25) is 0 Å². The van der Waals surface area contributed by atoms with Crippen LogP contribution in [0.15, 0.2) is 35.1 Å². The van der Waals surface area contributed by atoms with Gasteiger partial charge in [0, 0.05) is 23.8 Å². The van der Waals surface area contributed by atoms with Crippen LogP contribution in [-0.4, -0.2) is 68.2 Å². The molecule has 6 N–H and O–H groups in total. The van der Waals surface area contributed by atoms with Crippen LogP contribution in [-0.2, 0) is 33.4 Å². The molecule has 0 aromatic heterocycles. The summed E-state index contributed by atoms with van der Waals surface area (Å²) >= 11 is 0. The van der Waals surface area contributed by atoms with Gasteiger partial charge >= 0.3 is 11.9 Å². The molecule has 0 spiro atoms. The molecule has 214 valence electrons. The maximum Gasteiger partial charge on any atom is 0.306 e. The number of hydrogen-bond acceptors (Lipinski definition) is 11. The Kier molecular flexibility index (Phi) is 7.75. The lowest BCUT2D eigenvalue weighted by Gasteiger charge is -2.51. The second kappa shape index (κ2) is 10.8. The van der Waals surface area contributed by atoms with E-state index in [0.29, 0.717) is 12.0 Å². The smallest absolute Gasteiger partial charge is 0.306 e. The van der Waals surface area contributed by atoms with Gasteiger partial charge in [-0.05, 0) is 24.0 Å². The van der Waals surface area contributed by atoms with Crippen molar-refractivity contribution >= 4 is 35.2 Å². The van der Waals surface area contributed by atoms with E-state index in [1.807, 2.05) is 6.92 Å². The zero-order valence-electron chi connectivity index (χ0n) is 22.0. The highest BCUT2D eigenvalue weighted by atomic mass is 16.5. The van der Waals surface area contributed by atoms with E-state index in [2.05, 4.69) is 0 Å². The van der Waals surface area contributed by atoms with E-state index in [4.69, 9.17) is 15.2 Å². The third-order valence-electron chi connectivity index (χ3n) is 7.90. The monoisotopic (exact) mass is 557 g/mol. The van der Waals surface area contributed by atoms with Crippen LogP contribution in [0.25, 0.3) is 5.76 Å². The molecule has 1 aromatic carbocycles. The average molecular weight is 558 g/mol. The Morgan fingerprint density at radius 1 is 1.10 bits per heavy atom. The van der Waals surface area contributed by atoms with Crippen molar-refractivity contribution in [3.05, 3.63) is 46.2 Å². The Labute approximate surface area is 229 Å². The number of phenolic OH excluding ortho intramolecular Hbond substituents is 1. The number of phenols is 1. The van der Waals surface area contributed by atoms with Gasteiger partial charge in [-0.15, -0.1) is 0 Å². The first-order valence-electron chi connectivity index (χ1n) is 13.0. The van der Waals surface area contributed by atoms with Crippen LogP contribution in [0.1, 0.15) is 63.0 Å². The molecular formula is C28H31NO11. The standard InChI is InChI=1S/C28H31NO11/c1-3-4-10-39-17(32)8-9-18(33)40-24-14-11-16(31)21(27(29)37)25(35)28(14,38)26(36)22-19(24)12(2)13-6-5-7-15(30)20(13)23(22)34/h5-7,12,14,19,24,30,34-35,38H,3-4,8-11H2,1-2H3,(H2,29,37). The third kappa shape index (κ3) is 4.51. The van der Waals surface area contributed by atoms with Crippen LogP contribution in [0.4, 0.5) is 0 Å². The van der Waals surface area contributed by atoms with Crippen LogP contribution in [0.3, 0.4) is 0 Å². The van der Waals surface area contributed by atoms with Crippen LogP contribution in [0, 0.1) is 11.8 Å². The van der Waals surface area contributed by atoms with E-state index in [-0.39, 0.29) is 24.3 Å². The fraction of sp³-hybridized carbons (Fsp3) is 0.464. The number of Topliss-reactive ketones (excluding diaryl/α,β-unsaturated/α-hetero) is 2. The number of primary amides is 1. The topological polar surface area (TPSA) is 211 Å². The van der Waals surface area contributed by atoms with Gasteiger partial charge in [0.1, 0.15) is 28.9 Å². The van der Waals surface area contributed by atoms with Gasteiger partial charge in [-0.3, -0.25) is 24.0 Å². The minimum absolute atomic E-state index is 0.0815. The molecule has 1 amide bonds. The Morgan fingerprint density at radius 3 is 2.42 bits per heavy atom. The average Bonchev–Trinajstić information content (AvgIpc) is 2.89. The minimum atomic E-state index is -2.95. The highest BCUT2D eigenvalue weighted by Gasteiger charge is 2.66. The lowest BCUT2D eigenvalue weighted by atomic mass is 9.55. The number of ether oxygens (including phenoxy) is 2. The summed E-state index contributed by atoms with van der Waals surface area (Å²) in [6.45, 7) is 3.76. The molecule has 1 saturated carbocycles. The summed E-state index contributed by atoms with van der Waals surface area (Å²) in [5.74, 6) is -10.9. The molecule has 0 radical (unpaired) electrons. The van der Waals surface area contributed by atoms with Crippen molar-refractivity contribution in [1.82, 2.24) is 0 Å². The first-order chi connectivity index (χ1) is 18.9. The summed E-state index contributed by atoms with van der Waals surface area (Å²) in [7, 11) is 0. The number of hydrogen-bond donors (Lipinski definition) is 5. The maximum absolute atomic E-state index is 13.8. The number of esters is 2. The Morgan fingerprint density at radius 2 is 1.77 bits per heavy atom. The Hall–Kier alpha value is -4.19. The van der Waals surface area contributed by atoms with E-state index in [9.17, 15) is 44.4 Å². The fourth-order valence-electron chi connectivity index (χ4n) is 5.90. The summed E-state index contributed by atoms with van der Waals surface area (Å²) in [6, 6.07) is 4.40. The molecule has 40 heavy (non-hydrogen) atoms. The van der Waals surface area contributed by atoms with E-state index in [1.165, 1.54) is 12.1 Å². The van der Waals surface area contributed by atoms with Crippen LogP contribution >= 0.6 is 0 Å². The molecule has 5 atom stereocenters. The van der Waals surface area contributed by atoms with Crippen molar-refractivity contribution in [3.8, 4) is 5.75 Å². The predicted molar refractivity (Wildman–Crippen MR) is 136 cm³/mol. The molecular weight excluding hydrogens is 526 g/mol. The summed E-state index contributed by atoms with van der Waals surface area (Å²) in [5.41, 5.74) is 1.18. The van der Waals surface area contributed by atoms with Crippen LogP contribution in [0.5, 0.6) is 5.75 Å². The first kappa shape index (κ1) is 28.8. The number of rotatable bonds is 8. The van der Waals surface area contributed by atoms with Gasteiger partial charge in [-0.1, -0.05) is 32.4 Å². The molecule has 12 nitrogen and oxygen atoms in total. The van der Waals surface area contributed by atoms with Gasteiger partial charge in [0.2, 0.25) is 5.78 Å². The number of fused-ring (bicyclic) bond motifs is 3. The van der Waals surface area contributed by atoms with Gasteiger partial charge in [0.25, 0.3) is 5.91 Å². The van der Waals surface area contributed by atoms with Crippen molar-refractivity contribution in [2.45, 2.75) is 63.6 Å². The normalized spacial score (nSPS) is 27.5. The Bertz CT molecular complexity index is 1360. The van der Waals surface area contributed by atoms with Gasteiger partial charge in [0.15, 0.2) is 11.4 Å². The zero-order valence-corrected chi connectivity index (χ0v) is 22.0. The van der Waals surface area contributed by atoms with E-state index < -0.39 is 94.4 Å². The van der Waals surface area contributed by atoms with Crippen LogP contribution < -0.4 is 5.73 Å². The summed E-state index contributed by atoms with van der Waals surface area (Å²) < 4.78 is 10.8. The predicted octanol–water partition coefficient (Wildman–Crippen LogP) is 1.63. The van der Waals surface area contributed by atoms with Gasteiger partial charge < -0.3 is 35.6 Å². The first-order valence-corrected chi connectivity index (χ1v) is 13.0. The van der Waals surface area contributed by atoms with Crippen molar-refractivity contribution in [2.24, 2.45) is 17.6 Å². The molecule has 12 heteroatoms. The summed E-state index contributed by atoms with van der Waals surface area (Å²) in [4.78, 5) is 63.6. The highest BCUT2D eigenvalue weighted by molar-refractivity contribution is 6.23.